The Kier molecular flexibility index (Phi) is 8.97. The van der Waals surface area contributed by atoms with Gasteiger partial charge in [0, 0.05) is 12.1 Å². The summed E-state index contributed by atoms with van der Waals surface area (Å²) < 4.78 is 15.4. The Morgan fingerprint density at radius 3 is 2.19 bits per heavy atom. The van der Waals surface area contributed by atoms with Gasteiger partial charge in [-0.25, -0.2) is 4.79 Å². The molecule has 0 radical (unpaired) electrons. The van der Waals surface area contributed by atoms with E-state index in [9.17, 15) is 14.4 Å². The zero-order chi connectivity index (χ0) is 23.5. The largest absolute Gasteiger partial charge is 0.484 e. The Morgan fingerprint density at radius 2 is 1.62 bits per heavy atom. The molecule has 0 spiro atoms. The van der Waals surface area contributed by atoms with Crippen LogP contribution < -0.4 is 15.2 Å². The van der Waals surface area contributed by atoms with E-state index >= 15 is 0 Å². The van der Waals surface area contributed by atoms with E-state index < -0.39 is 17.8 Å². The number of primary amides is 1. The van der Waals surface area contributed by atoms with E-state index in [0.717, 1.165) is 0 Å². The molecule has 0 aliphatic rings. The van der Waals surface area contributed by atoms with E-state index in [1.165, 1.54) is 29.2 Å². The molecular weight excluding hydrogens is 414 g/mol. The molecule has 1 amide bonds. The predicted octanol–water partition coefficient (Wildman–Crippen LogP) is 2.15. The van der Waals surface area contributed by atoms with Crippen molar-refractivity contribution in [3.63, 3.8) is 0 Å². The number of nitrogens with zero attached hydrogens (tertiary/aromatic N) is 1. The smallest absolute Gasteiger partial charge is 0.343 e. The average molecular weight is 439 g/mol. The molecule has 0 saturated heterocycles. The topological polar surface area (TPSA) is 132 Å². The fourth-order valence-corrected chi connectivity index (χ4v) is 2.62. The van der Waals surface area contributed by atoms with Gasteiger partial charge in [-0.1, -0.05) is 6.08 Å². The molecule has 168 valence electrons. The fourth-order valence-electron chi connectivity index (χ4n) is 2.62. The van der Waals surface area contributed by atoms with Crippen LogP contribution in [0.5, 0.6) is 11.5 Å². The van der Waals surface area contributed by atoms with Crippen LogP contribution in [0.1, 0.15) is 22.8 Å². The molecule has 0 aromatic heterocycles. The summed E-state index contributed by atoms with van der Waals surface area (Å²) in [6.07, 6.45) is 1.59. The van der Waals surface area contributed by atoms with Gasteiger partial charge in [0.05, 0.1) is 12.2 Å². The first-order valence-electron chi connectivity index (χ1n) is 9.77. The Morgan fingerprint density at radius 1 is 1.03 bits per heavy atom. The fraction of sp³-hybridized carbons (Fsp3) is 0.217. The minimum atomic E-state index is -0.599. The lowest BCUT2D eigenvalue weighted by molar-refractivity contribution is -0.143. The van der Waals surface area contributed by atoms with Crippen LogP contribution in [0.4, 0.5) is 0 Å². The molecule has 2 aromatic rings. The maximum absolute atomic E-state index is 12.3. The maximum Gasteiger partial charge on any atom is 0.343 e. The molecule has 2 rings (SSSR count). The van der Waals surface area contributed by atoms with Gasteiger partial charge in [-0.05, 0) is 55.5 Å². The zero-order valence-corrected chi connectivity index (χ0v) is 17.7. The molecule has 3 N–H and O–H groups in total. The number of amides is 1. The van der Waals surface area contributed by atoms with Crippen molar-refractivity contribution in [2.45, 2.75) is 6.92 Å². The first-order chi connectivity index (χ1) is 15.3. The number of nitrogens with one attached hydrogen (secondary N) is 1. The lowest BCUT2D eigenvalue weighted by Crippen LogP contribution is -2.36. The standard InChI is InChI=1S/C23H25N3O6/c1-3-13-26(14-21(28)30-4-2)22(25)16-5-11-19(12-6-16)32-23(29)17-7-9-18(10-8-17)31-15-20(24)27/h3,5-12,25H,1,4,13-15H2,2H3,(H2,24,27). The van der Waals surface area contributed by atoms with Crippen LogP contribution in [-0.4, -0.2) is 54.9 Å². The van der Waals surface area contributed by atoms with Gasteiger partial charge >= 0.3 is 11.9 Å². The van der Waals surface area contributed by atoms with Crippen molar-refractivity contribution in [2.24, 2.45) is 5.73 Å². The van der Waals surface area contributed by atoms with E-state index in [-0.39, 0.29) is 25.6 Å². The molecule has 0 unspecified atom stereocenters. The highest BCUT2D eigenvalue weighted by molar-refractivity contribution is 5.98. The second-order valence-electron chi connectivity index (χ2n) is 6.52. The summed E-state index contributed by atoms with van der Waals surface area (Å²) >= 11 is 0. The van der Waals surface area contributed by atoms with Gasteiger partial charge in [0.2, 0.25) is 0 Å². The number of hydrogen-bond donors (Lipinski definition) is 2. The molecule has 0 heterocycles. The number of rotatable bonds is 11. The van der Waals surface area contributed by atoms with Gasteiger partial charge in [0.15, 0.2) is 6.61 Å². The minimum Gasteiger partial charge on any atom is -0.484 e. The normalized spacial score (nSPS) is 10.0. The number of carbonyl (C=O) groups is 3. The molecular formula is C23H25N3O6. The van der Waals surface area contributed by atoms with E-state index in [1.807, 2.05) is 0 Å². The van der Waals surface area contributed by atoms with Crippen molar-refractivity contribution in [3.8, 4) is 11.5 Å². The average Bonchev–Trinajstić information content (AvgIpc) is 2.78. The number of amidine groups is 1. The summed E-state index contributed by atoms with van der Waals surface area (Å²) in [5, 5.41) is 8.36. The number of esters is 2. The van der Waals surface area contributed by atoms with Crippen molar-refractivity contribution >= 4 is 23.7 Å². The monoisotopic (exact) mass is 439 g/mol. The van der Waals surface area contributed by atoms with Gasteiger partial charge < -0.3 is 24.8 Å². The summed E-state index contributed by atoms with van der Waals surface area (Å²) in [6, 6.07) is 12.4. The van der Waals surface area contributed by atoms with Crippen molar-refractivity contribution in [1.82, 2.24) is 4.90 Å². The predicted molar refractivity (Wildman–Crippen MR) is 118 cm³/mol. The molecule has 9 heteroatoms. The second kappa shape index (κ2) is 11.9. The van der Waals surface area contributed by atoms with Crippen molar-refractivity contribution in [2.75, 3.05) is 26.3 Å². The third-order valence-corrected chi connectivity index (χ3v) is 4.10. The van der Waals surface area contributed by atoms with Gasteiger partial charge in [-0.2, -0.15) is 0 Å². The lowest BCUT2D eigenvalue weighted by atomic mass is 10.1. The van der Waals surface area contributed by atoms with E-state index in [0.29, 0.717) is 29.2 Å². The molecule has 0 aliphatic heterocycles. The van der Waals surface area contributed by atoms with Crippen LogP contribution in [0.3, 0.4) is 0 Å². The van der Waals surface area contributed by atoms with Gasteiger partial charge in [-0.15, -0.1) is 6.58 Å². The van der Waals surface area contributed by atoms with E-state index in [4.69, 9.17) is 25.4 Å². The van der Waals surface area contributed by atoms with Gasteiger partial charge in [0.25, 0.3) is 5.91 Å². The van der Waals surface area contributed by atoms with Crippen LogP contribution in [0.25, 0.3) is 0 Å². The van der Waals surface area contributed by atoms with Crippen molar-refractivity contribution in [3.05, 3.63) is 72.3 Å². The van der Waals surface area contributed by atoms with Crippen molar-refractivity contribution < 1.29 is 28.6 Å². The molecule has 0 fully saturated rings. The molecule has 32 heavy (non-hydrogen) atoms. The third-order valence-electron chi connectivity index (χ3n) is 4.10. The first kappa shape index (κ1) is 24.1. The lowest BCUT2D eigenvalue weighted by Gasteiger charge is -2.22. The molecule has 0 bridgehead atoms. The highest BCUT2D eigenvalue weighted by Crippen LogP contribution is 2.17. The van der Waals surface area contributed by atoms with Gasteiger partial charge in [-0.3, -0.25) is 15.0 Å². The second-order valence-corrected chi connectivity index (χ2v) is 6.52. The summed E-state index contributed by atoms with van der Waals surface area (Å²) in [5.41, 5.74) is 5.85. The highest BCUT2D eigenvalue weighted by atomic mass is 16.5. The molecule has 2 aromatic carbocycles. The van der Waals surface area contributed by atoms with Gasteiger partial charge in [0.1, 0.15) is 23.9 Å². The number of benzene rings is 2. The minimum absolute atomic E-state index is 0.0748. The zero-order valence-electron chi connectivity index (χ0n) is 17.7. The molecule has 0 saturated carbocycles. The molecule has 0 aliphatic carbocycles. The first-order valence-corrected chi connectivity index (χ1v) is 9.77. The van der Waals surface area contributed by atoms with Crippen LogP contribution in [0, 0.1) is 5.41 Å². The van der Waals surface area contributed by atoms with Crippen molar-refractivity contribution in [1.29, 1.82) is 5.41 Å². The number of hydrogen-bond acceptors (Lipinski definition) is 7. The summed E-state index contributed by atoms with van der Waals surface area (Å²) in [5.74, 6) is -0.808. The van der Waals surface area contributed by atoms with Crippen LogP contribution in [0.2, 0.25) is 0 Å². The Bertz CT molecular complexity index is 970. The van der Waals surface area contributed by atoms with E-state index in [2.05, 4.69) is 6.58 Å². The Balaban J connectivity index is 2.00. The third kappa shape index (κ3) is 7.28. The molecule has 9 nitrogen and oxygen atoms in total. The number of ether oxygens (including phenoxy) is 3. The number of carbonyl (C=O) groups excluding carboxylic acids is 3. The SMILES string of the molecule is C=CCN(CC(=O)OCC)C(=N)c1ccc(OC(=O)c2ccc(OCC(N)=O)cc2)cc1. The van der Waals surface area contributed by atoms with Crippen LogP contribution in [-0.2, 0) is 14.3 Å². The van der Waals surface area contributed by atoms with Crippen LogP contribution >= 0.6 is 0 Å². The molecule has 0 atom stereocenters. The summed E-state index contributed by atoms with van der Waals surface area (Å²) in [6.45, 7) is 5.60. The maximum atomic E-state index is 12.3. The summed E-state index contributed by atoms with van der Waals surface area (Å²) in [4.78, 5) is 36.4. The number of nitrogens with two attached hydrogens (primary N) is 1. The highest BCUT2D eigenvalue weighted by Gasteiger charge is 2.16. The summed E-state index contributed by atoms with van der Waals surface area (Å²) in [7, 11) is 0. The van der Waals surface area contributed by atoms with E-state index in [1.54, 1.807) is 37.3 Å². The quantitative estimate of drug-likeness (QED) is 0.180. The Hall–Kier alpha value is -4.14. The Labute approximate surface area is 185 Å². The van der Waals surface area contributed by atoms with Crippen LogP contribution in [0.15, 0.2) is 61.2 Å².